The molecule has 0 aromatic carbocycles. The van der Waals surface area contributed by atoms with Crippen LogP contribution in [0.3, 0.4) is 0 Å². The lowest BCUT2D eigenvalue weighted by atomic mass is 10.1. The minimum atomic E-state index is 1.02. The van der Waals surface area contributed by atoms with Gasteiger partial charge in [0.1, 0.15) is 0 Å². The molecule has 0 atom stereocenters. The highest BCUT2D eigenvalue weighted by Crippen LogP contribution is 2.11. The highest BCUT2D eigenvalue weighted by atomic mass is 32.2. The number of hydrogen-bond donors (Lipinski definition) is 1. The summed E-state index contributed by atoms with van der Waals surface area (Å²) in [5, 5.41) is 4.53. The number of piperidine rings is 1. The van der Waals surface area contributed by atoms with Gasteiger partial charge in [-0.05, 0) is 45.3 Å². The average Bonchev–Trinajstić information content (AvgIpc) is 2.37. The van der Waals surface area contributed by atoms with E-state index in [-0.39, 0.29) is 0 Å². The Morgan fingerprint density at radius 3 is 2.81 bits per heavy atom. The van der Waals surface area contributed by atoms with Crippen molar-refractivity contribution in [2.24, 2.45) is 4.99 Å². The predicted octanol–water partition coefficient (Wildman–Crippen LogP) is 1.94. The number of amidine groups is 1. The van der Waals surface area contributed by atoms with E-state index >= 15 is 0 Å². The van der Waals surface area contributed by atoms with Crippen LogP contribution in [-0.2, 0) is 0 Å². The number of thioether (sulfide) groups is 1. The van der Waals surface area contributed by atoms with Gasteiger partial charge in [-0.3, -0.25) is 4.99 Å². The molecule has 3 nitrogen and oxygen atoms in total. The van der Waals surface area contributed by atoms with Gasteiger partial charge in [0.25, 0.3) is 0 Å². The zero-order chi connectivity index (χ0) is 11.1. The fraction of sp³-hybridized carbons (Fsp3) is 0.917. The lowest BCUT2D eigenvalue weighted by molar-refractivity contribution is 0.230. The van der Waals surface area contributed by atoms with Gasteiger partial charge in [0.2, 0.25) is 0 Å². The molecular weight excluding hydrogens is 218 g/mol. The molecule has 2 aliphatic rings. The molecule has 0 spiro atoms. The molecule has 92 valence electrons. The Morgan fingerprint density at radius 1 is 1.19 bits per heavy atom. The zero-order valence-electron chi connectivity index (χ0n) is 10.1. The van der Waals surface area contributed by atoms with Crippen LogP contribution in [0.25, 0.3) is 0 Å². The van der Waals surface area contributed by atoms with Crippen LogP contribution in [0.2, 0.25) is 0 Å². The number of aliphatic imine (C=N–C) groups is 1. The quantitative estimate of drug-likeness (QED) is 0.762. The molecule has 0 bridgehead atoms. The maximum Gasteiger partial charge on any atom is 0.156 e. The molecule has 2 heterocycles. The molecule has 0 saturated carbocycles. The van der Waals surface area contributed by atoms with Crippen molar-refractivity contribution in [3.63, 3.8) is 0 Å². The van der Waals surface area contributed by atoms with Crippen LogP contribution >= 0.6 is 11.8 Å². The third-order valence-corrected chi connectivity index (χ3v) is 4.21. The first-order chi connectivity index (χ1) is 7.95. The van der Waals surface area contributed by atoms with Crippen molar-refractivity contribution in [2.45, 2.75) is 32.1 Å². The number of hydrogen-bond acceptors (Lipinski definition) is 4. The van der Waals surface area contributed by atoms with Gasteiger partial charge in [-0.1, -0.05) is 18.2 Å². The molecule has 1 saturated heterocycles. The first-order valence-electron chi connectivity index (χ1n) is 6.58. The van der Waals surface area contributed by atoms with Crippen LogP contribution in [0.1, 0.15) is 32.1 Å². The molecule has 0 amide bonds. The van der Waals surface area contributed by atoms with E-state index in [1.807, 2.05) is 11.8 Å². The molecule has 2 rings (SSSR count). The van der Waals surface area contributed by atoms with Gasteiger partial charge in [-0.2, -0.15) is 0 Å². The molecule has 4 heteroatoms. The van der Waals surface area contributed by atoms with Crippen molar-refractivity contribution >= 4 is 16.9 Å². The molecule has 0 unspecified atom stereocenters. The highest BCUT2D eigenvalue weighted by molar-refractivity contribution is 8.13. The summed E-state index contributed by atoms with van der Waals surface area (Å²) in [5.41, 5.74) is 0. The summed E-state index contributed by atoms with van der Waals surface area (Å²) in [6.07, 6.45) is 6.73. The fourth-order valence-corrected chi connectivity index (χ4v) is 3.10. The van der Waals surface area contributed by atoms with E-state index in [4.69, 9.17) is 0 Å². The Hall–Kier alpha value is -0.220. The van der Waals surface area contributed by atoms with Crippen LogP contribution in [0.15, 0.2) is 4.99 Å². The smallest absolute Gasteiger partial charge is 0.156 e. The summed E-state index contributed by atoms with van der Waals surface area (Å²) < 4.78 is 0. The van der Waals surface area contributed by atoms with E-state index in [9.17, 15) is 0 Å². The van der Waals surface area contributed by atoms with E-state index in [0.29, 0.717) is 0 Å². The van der Waals surface area contributed by atoms with Crippen molar-refractivity contribution < 1.29 is 0 Å². The van der Waals surface area contributed by atoms with E-state index in [1.165, 1.54) is 62.7 Å². The van der Waals surface area contributed by atoms with Crippen LogP contribution in [0.5, 0.6) is 0 Å². The summed E-state index contributed by atoms with van der Waals surface area (Å²) in [6, 6.07) is 0. The second kappa shape index (κ2) is 7.17. The Morgan fingerprint density at radius 2 is 2.06 bits per heavy atom. The first-order valence-corrected chi connectivity index (χ1v) is 7.57. The summed E-state index contributed by atoms with van der Waals surface area (Å²) >= 11 is 1.90. The topological polar surface area (TPSA) is 27.6 Å². The largest absolute Gasteiger partial charge is 0.365 e. The van der Waals surface area contributed by atoms with Crippen LogP contribution in [0, 0.1) is 0 Å². The fourth-order valence-electron chi connectivity index (χ4n) is 2.25. The average molecular weight is 241 g/mol. The molecule has 1 fully saturated rings. The molecule has 0 aromatic rings. The number of likely N-dealkylation sites (tertiary alicyclic amines) is 1. The van der Waals surface area contributed by atoms with Crippen molar-refractivity contribution in [2.75, 3.05) is 38.5 Å². The lowest BCUT2D eigenvalue weighted by Crippen LogP contribution is -2.31. The number of nitrogens with one attached hydrogen (secondary N) is 1. The molecular formula is C12H23N3S. The SMILES string of the molecule is C1CCN(CCCSC2=NCCCN2)CC1. The highest BCUT2D eigenvalue weighted by Gasteiger charge is 2.09. The molecule has 0 radical (unpaired) electrons. The van der Waals surface area contributed by atoms with E-state index in [1.54, 1.807) is 0 Å². The standard InChI is InChI=1S/C12H23N3S/c1-2-8-15(9-3-1)10-5-11-16-12-13-6-4-7-14-12/h1-11H2,(H,13,14). The van der Waals surface area contributed by atoms with E-state index in [0.717, 1.165) is 13.1 Å². The third kappa shape index (κ3) is 4.34. The van der Waals surface area contributed by atoms with Crippen molar-refractivity contribution in [3.8, 4) is 0 Å². The third-order valence-electron chi connectivity index (χ3n) is 3.17. The minimum Gasteiger partial charge on any atom is -0.365 e. The normalized spacial score (nSPS) is 22.6. The number of nitrogens with zero attached hydrogens (tertiary/aromatic N) is 2. The summed E-state index contributed by atoms with van der Waals surface area (Å²) in [4.78, 5) is 7.08. The van der Waals surface area contributed by atoms with Crippen molar-refractivity contribution in [1.82, 2.24) is 10.2 Å². The molecule has 0 aromatic heterocycles. The van der Waals surface area contributed by atoms with Crippen LogP contribution in [-0.4, -0.2) is 48.5 Å². The van der Waals surface area contributed by atoms with Gasteiger partial charge in [0.15, 0.2) is 5.17 Å². The predicted molar refractivity (Wildman–Crippen MR) is 72.3 cm³/mol. The maximum absolute atomic E-state index is 4.47. The molecule has 2 aliphatic heterocycles. The molecule has 16 heavy (non-hydrogen) atoms. The molecule has 1 N–H and O–H groups in total. The molecule has 0 aliphatic carbocycles. The first kappa shape index (κ1) is 12.2. The van der Waals surface area contributed by atoms with Gasteiger partial charge in [0, 0.05) is 18.8 Å². The second-order valence-electron chi connectivity index (χ2n) is 4.57. The van der Waals surface area contributed by atoms with E-state index < -0.39 is 0 Å². The zero-order valence-corrected chi connectivity index (χ0v) is 10.9. The van der Waals surface area contributed by atoms with Gasteiger partial charge in [-0.25, -0.2) is 0 Å². The van der Waals surface area contributed by atoms with Gasteiger partial charge >= 0.3 is 0 Å². The monoisotopic (exact) mass is 241 g/mol. The Labute approximate surface area is 103 Å². The Bertz CT molecular complexity index is 224. The Balaban J connectivity index is 1.52. The van der Waals surface area contributed by atoms with Crippen LogP contribution < -0.4 is 5.32 Å². The Kier molecular flexibility index (Phi) is 5.49. The van der Waals surface area contributed by atoms with Crippen LogP contribution in [0.4, 0.5) is 0 Å². The van der Waals surface area contributed by atoms with Gasteiger partial charge < -0.3 is 10.2 Å². The number of rotatable bonds is 4. The minimum absolute atomic E-state index is 1.02. The summed E-state index contributed by atoms with van der Waals surface area (Å²) in [7, 11) is 0. The lowest BCUT2D eigenvalue weighted by Gasteiger charge is -2.26. The van der Waals surface area contributed by atoms with Gasteiger partial charge in [0.05, 0.1) is 0 Å². The van der Waals surface area contributed by atoms with Crippen molar-refractivity contribution in [1.29, 1.82) is 0 Å². The summed E-state index contributed by atoms with van der Waals surface area (Å²) in [5.74, 6) is 1.21. The summed E-state index contributed by atoms with van der Waals surface area (Å²) in [6.45, 7) is 6.05. The van der Waals surface area contributed by atoms with E-state index in [2.05, 4.69) is 15.2 Å². The van der Waals surface area contributed by atoms with Gasteiger partial charge in [-0.15, -0.1) is 0 Å². The second-order valence-corrected chi connectivity index (χ2v) is 5.66. The van der Waals surface area contributed by atoms with Crippen molar-refractivity contribution in [3.05, 3.63) is 0 Å². The maximum atomic E-state index is 4.47.